The largest absolute Gasteiger partial charge is 0.463 e. The molecule has 3 rings (SSSR count). The molecule has 3 aromatic heterocycles. The SMILES string of the molecule is CCNC(=O)c1cc2c(/C(=N\O)c3ccco3)nc(N)nc2s1. The van der Waals surface area contributed by atoms with Crippen molar-refractivity contribution < 1.29 is 14.4 Å². The summed E-state index contributed by atoms with van der Waals surface area (Å²) in [4.78, 5) is 21.3. The van der Waals surface area contributed by atoms with Crippen LogP contribution in [-0.4, -0.2) is 33.3 Å². The minimum absolute atomic E-state index is 0.0181. The fraction of sp³-hybridized carbons (Fsp3) is 0.143. The first-order valence-corrected chi connectivity index (χ1v) is 7.57. The second kappa shape index (κ2) is 6.05. The first-order chi connectivity index (χ1) is 11.1. The van der Waals surface area contributed by atoms with Crippen LogP contribution in [0.1, 0.15) is 28.0 Å². The average Bonchev–Trinajstić information content (AvgIpc) is 3.17. The predicted octanol–water partition coefficient (Wildman–Crippen LogP) is 1.84. The van der Waals surface area contributed by atoms with Gasteiger partial charge >= 0.3 is 0 Å². The van der Waals surface area contributed by atoms with E-state index in [4.69, 9.17) is 10.2 Å². The van der Waals surface area contributed by atoms with Crippen molar-refractivity contribution in [3.05, 3.63) is 40.8 Å². The van der Waals surface area contributed by atoms with Crippen LogP contribution in [0.3, 0.4) is 0 Å². The van der Waals surface area contributed by atoms with Crippen LogP contribution in [0.25, 0.3) is 10.2 Å². The minimum atomic E-state index is -0.208. The number of carbonyl (C=O) groups excluding carboxylic acids is 1. The fourth-order valence-corrected chi connectivity index (χ4v) is 3.06. The van der Waals surface area contributed by atoms with Crippen LogP contribution >= 0.6 is 11.3 Å². The van der Waals surface area contributed by atoms with E-state index in [1.54, 1.807) is 18.2 Å². The molecule has 0 atom stereocenters. The molecule has 8 nitrogen and oxygen atoms in total. The summed E-state index contributed by atoms with van der Waals surface area (Å²) in [6, 6.07) is 4.94. The van der Waals surface area contributed by atoms with Gasteiger partial charge in [0.2, 0.25) is 5.95 Å². The van der Waals surface area contributed by atoms with Crippen molar-refractivity contribution in [2.75, 3.05) is 12.3 Å². The Kier molecular flexibility index (Phi) is 3.94. The van der Waals surface area contributed by atoms with Crippen molar-refractivity contribution in [3.8, 4) is 0 Å². The van der Waals surface area contributed by atoms with E-state index in [1.165, 1.54) is 17.6 Å². The predicted molar refractivity (Wildman–Crippen MR) is 86.0 cm³/mol. The molecule has 0 aliphatic carbocycles. The molecule has 118 valence electrons. The molecule has 3 heterocycles. The molecular formula is C14H13N5O3S. The summed E-state index contributed by atoms with van der Waals surface area (Å²) in [7, 11) is 0. The third-order valence-electron chi connectivity index (χ3n) is 3.05. The van der Waals surface area contributed by atoms with Gasteiger partial charge in [0.25, 0.3) is 5.91 Å². The molecule has 0 radical (unpaired) electrons. The van der Waals surface area contributed by atoms with Crippen molar-refractivity contribution in [3.63, 3.8) is 0 Å². The number of anilines is 1. The van der Waals surface area contributed by atoms with Crippen molar-refractivity contribution in [2.45, 2.75) is 6.92 Å². The summed E-state index contributed by atoms with van der Waals surface area (Å²) in [6.07, 6.45) is 1.45. The molecule has 0 aliphatic rings. The number of hydrogen-bond donors (Lipinski definition) is 3. The first-order valence-electron chi connectivity index (χ1n) is 6.75. The highest BCUT2D eigenvalue weighted by atomic mass is 32.1. The summed E-state index contributed by atoms with van der Waals surface area (Å²) in [5.74, 6) is 0.141. The number of rotatable bonds is 4. The molecule has 0 spiro atoms. The normalized spacial score (nSPS) is 11.8. The Morgan fingerprint density at radius 2 is 2.35 bits per heavy atom. The Bertz CT molecular complexity index is 885. The van der Waals surface area contributed by atoms with E-state index in [-0.39, 0.29) is 17.6 Å². The van der Waals surface area contributed by atoms with Crippen LogP contribution in [-0.2, 0) is 0 Å². The van der Waals surface area contributed by atoms with Crippen LogP contribution in [0.2, 0.25) is 0 Å². The second-order valence-electron chi connectivity index (χ2n) is 4.55. The summed E-state index contributed by atoms with van der Waals surface area (Å²) in [5, 5.41) is 15.9. The van der Waals surface area contributed by atoms with Gasteiger partial charge in [0.05, 0.1) is 11.1 Å². The van der Waals surface area contributed by atoms with Crippen LogP contribution in [0.5, 0.6) is 0 Å². The van der Waals surface area contributed by atoms with Gasteiger partial charge < -0.3 is 20.7 Å². The van der Waals surface area contributed by atoms with Crippen molar-refractivity contribution in [1.82, 2.24) is 15.3 Å². The molecule has 4 N–H and O–H groups in total. The topological polar surface area (TPSA) is 127 Å². The van der Waals surface area contributed by atoms with E-state index in [2.05, 4.69) is 20.4 Å². The summed E-state index contributed by atoms with van der Waals surface area (Å²) >= 11 is 1.19. The zero-order chi connectivity index (χ0) is 16.4. The van der Waals surface area contributed by atoms with Gasteiger partial charge in [0.15, 0.2) is 11.5 Å². The third kappa shape index (κ3) is 2.73. The van der Waals surface area contributed by atoms with Gasteiger partial charge in [-0.1, -0.05) is 5.16 Å². The van der Waals surface area contributed by atoms with Crippen LogP contribution in [0.15, 0.2) is 34.0 Å². The average molecular weight is 331 g/mol. The molecule has 0 bridgehead atoms. The number of nitrogen functional groups attached to an aromatic ring is 1. The molecule has 0 saturated heterocycles. The van der Waals surface area contributed by atoms with Crippen molar-refractivity contribution in [1.29, 1.82) is 0 Å². The van der Waals surface area contributed by atoms with Crippen LogP contribution in [0.4, 0.5) is 5.95 Å². The number of carbonyl (C=O) groups is 1. The maximum absolute atomic E-state index is 12.0. The molecule has 23 heavy (non-hydrogen) atoms. The molecular weight excluding hydrogens is 318 g/mol. The molecule has 1 amide bonds. The Labute approximate surface area is 134 Å². The molecule has 0 saturated carbocycles. The Morgan fingerprint density at radius 1 is 1.52 bits per heavy atom. The fourth-order valence-electron chi connectivity index (χ4n) is 2.10. The lowest BCUT2D eigenvalue weighted by atomic mass is 10.1. The first kappa shape index (κ1) is 15.0. The van der Waals surface area contributed by atoms with Gasteiger partial charge in [-0.25, -0.2) is 9.97 Å². The van der Waals surface area contributed by atoms with Gasteiger partial charge in [-0.3, -0.25) is 4.79 Å². The van der Waals surface area contributed by atoms with Crippen LogP contribution in [0, 0.1) is 0 Å². The molecule has 0 aliphatic heterocycles. The third-order valence-corrected chi connectivity index (χ3v) is 4.08. The van der Waals surface area contributed by atoms with Gasteiger partial charge in [-0.05, 0) is 25.1 Å². The van der Waals surface area contributed by atoms with Crippen molar-refractivity contribution in [2.24, 2.45) is 5.16 Å². The van der Waals surface area contributed by atoms with Crippen molar-refractivity contribution >= 4 is 39.1 Å². The number of amides is 1. The lowest BCUT2D eigenvalue weighted by molar-refractivity contribution is 0.0960. The number of nitrogens with two attached hydrogens (primary N) is 1. The highest BCUT2D eigenvalue weighted by Crippen LogP contribution is 2.28. The highest BCUT2D eigenvalue weighted by Gasteiger charge is 2.21. The lowest BCUT2D eigenvalue weighted by Crippen LogP contribution is -2.21. The van der Waals surface area contributed by atoms with Crippen LogP contribution < -0.4 is 11.1 Å². The number of hydrogen-bond acceptors (Lipinski definition) is 8. The maximum Gasteiger partial charge on any atom is 0.261 e. The second-order valence-corrected chi connectivity index (χ2v) is 5.58. The molecule has 3 aromatic rings. The van der Waals surface area contributed by atoms with E-state index in [0.29, 0.717) is 33.1 Å². The number of furan rings is 1. The summed E-state index contributed by atoms with van der Waals surface area (Å²) < 4.78 is 5.25. The molecule has 0 fully saturated rings. The molecule has 9 heteroatoms. The standard InChI is InChI=1S/C14H13N5O3S/c1-2-16-12(20)9-6-7-10(17-14(15)18-13(7)23-9)11(19-21)8-4-3-5-22-8/h3-6,21H,2H2,1H3,(H,16,20)(H2,15,17,18)/b19-11-. The van der Waals surface area contributed by atoms with Gasteiger partial charge in [0, 0.05) is 11.9 Å². The zero-order valence-electron chi connectivity index (χ0n) is 12.1. The highest BCUT2D eigenvalue weighted by molar-refractivity contribution is 7.20. The number of fused-ring (bicyclic) bond motifs is 1. The van der Waals surface area contributed by atoms with Gasteiger partial charge in [-0.15, -0.1) is 11.3 Å². The van der Waals surface area contributed by atoms with E-state index in [0.717, 1.165) is 0 Å². The Morgan fingerprint density at radius 3 is 3.00 bits per heavy atom. The van der Waals surface area contributed by atoms with E-state index < -0.39 is 0 Å². The maximum atomic E-state index is 12.0. The number of nitrogens with zero attached hydrogens (tertiary/aromatic N) is 3. The van der Waals surface area contributed by atoms with E-state index in [9.17, 15) is 10.0 Å². The Balaban J connectivity index is 2.18. The Hall–Kier alpha value is -2.94. The van der Waals surface area contributed by atoms with E-state index in [1.807, 2.05) is 6.92 Å². The quantitative estimate of drug-likeness (QED) is 0.380. The summed E-state index contributed by atoms with van der Waals surface area (Å²) in [5.41, 5.74) is 6.15. The van der Waals surface area contributed by atoms with Gasteiger partial charge in [-0.2, -0.15) is 0 Å². The van der Waals surface area contributed by atoms with Gasteiger partial charge in [0.1, 0.15) is 10.5 Å². The molecule has 0 aromatic carbocycles. The number of aromatic nitrogens is 2. The summed E-state index contributed by atoms with van der Waals surface area (Å²) in [6.45, 7) is 2.35. The molecule has 0 unspecified atom stereocenters. The minimum Gasteiger partial charge on any atom is -0.463 e. The number of thiophene rings is 1. The zero-order valence-corrected chi connectivity index (χ0v) is 12.9. The number of nitrogens with one attached hydrogen (secondary N) is 1. The van der Waals surface area contributed by atoms with E-state index >= 15 is 0 Å². The smallest absolute Gasteiger partial charge is 0.261 e. The lowest BCUT2D eigenvalue weighted by Gasteiger charge is -2.03. The monoisotopic (exact) mass is 331 g/mol. The number of oxime groups is 1.